The topological polar surface area (TPSA) is 64.4 Å². The molecule has 1 heterocycles. The Morgan fingerprint density at radius 3 is 2.90 bits per heavy atom. The molecule has 1 atom stereocenters. The molecule has 1 aromatic heterocycles. The minimum atomic E-state index is -0.662. The Labute approximate surface area is 127 Å². The lowest BCUT2D eigenvalue weighted by atomic mass is 10.1. The van der Waals surface area contributed by atoms with Crippen molar-refractivity contribution in [1.82, 2.24) is 5.16 Å². The average molecular weight is 305 g/mol. The molecule has 1 N–H and O–H groups in total. The summed E-state index contributed by atoms with van der Waals surface area (Å²) in [6.07, 6.45) is 4.09. The number of anilines is 1. The molecular weight excluding hydrogens is 292 g/mol. The third kappa shape index (κ3) is 3.36. The van der Waals surface area contributed by atoms with Gasteiger partial charge in [0, 0.05) is 10.6 Å². The molecule has 0 saturated carbocycles. The number of carbonyl (C=O) groups excluding carboxylic acids is 1. The van der Waals surface area contributed by atoms with E-state index in [4.69, 9.17) is 27.3 Å². The van der Waals surface area contributed by atoms with Crippen LogP contribution in [0.25, 0.3) is 0 Å². The number of aromatic nitrogens is 1. The number of halogens is 1. The Morgan fingerprint density at radius 2 is 2.24 bits per heavy atom. The number of hydrogen-bond donors (Lipinski definition) is 1. The molecule has 2 rings (SSSR count). The summed E-state index contributed by atoms with van der Waals surface area (Å²) >= 11 is 6.05. The van der Waals surface area contributed by atoms with Crippen LogP contribution in [0.1, 0.15) is 30.0 Å². The van der Waals surface area contributed by atoms with Crippen LogP contribution in [0.2, 0.25) is 5.02 Å². The first-order valence-corrected chi connectivity index (χ1v) is 6.55. The molecule has 0 fully saturated rings. The molecule has 0 radical (unpaired) electrons. The fourth-order valence-corrected chi connectivity index (χ4v) is 2.07. The monoisotopic (exact) mass is 304 g/mol. The van der Waals surface area contributed by atoms with Crippen molar-refractivity contribution in [3.63, 3.8) is 0 Å². The van der Waals surface area contributed by atoms with Gasteiger partial charge in [0.05, 0.1) is 0 Å². The molecule has 2 aromatic rings. The Bertz CT molecular complexity index is 703. The van der Waals surface area contributed by atoms with Gasteiger partial charge in [-0.3, -0.25) is 5.32 Å². The number of rotatable bonds is 3. The number of benzene rings is 1. The third-order valence-corrected chi connectivity index (χ3v) is 3.19. The Hall–Kier alpha value is -2.45. The lowest BCUT2D eigenvalue weighted by Gasteiger charge is -2.15. The highest BCUT2D eigenvalue weighted by Gasteiger charge is 2.18. The second-order valence-corrected chi connectivity index (χ2v) is 4.72. The summed E-state index contributed by atoms with van der Waals surface area (Å²) in [7, 11) is 0. The van der Waals surface area contributed by atoms with Crippen molar-refractivity contribution in [2.24, 2.45) is 0 Å². The van der Waals surface area contributed by atoms with E-state index in [2.05, 4.69) is 16.4 Å². The maximum atomic E-state index is 11.9. The first-order chi connectivity index (χ1) is 10.0. The average Bonchev–Trinajstić information content (AvgIpc) is 2.80. The molecule has 0 bridgehead atoms. The van der Waals surface area contributed by atoms with Crippen LogP contribution in [-0.4, -0.2) is 11.2 Å². The van der Waals surface area contributed by atoms with Crippen molar-refractivity contribution in [2.75, 3.05) is 5.32 Å². The van der Waals surface area contributed by atoms with Crippen LogP contribution in [0, 0.1) is 19.3 Å². The zero-order valence-electron chi connectivity index (χ0n) is 11.5. The fourth-order valence-electron chi connectivity index (χ4n) is 1.78. The van der Waals surface area contributed by atoms with Crippen LogP contribution in [0.15, 0.2) is 28.8 Å². The highest BCUT2D eigenvalue weighted by atomic mass is 35.5. The first kappa shape index (κ1) is 14.9. The van der Waals surface area contributed by atoms with Gasteiger partial charge in [-0.1, -0.05) is 35.0 Å². The molecule has 108 valence electrons. The number of terminal acetylenes is 1. The molecule has 0 saturated heterocycles. The van der Waals surface area contributed by atoms with Gasteiger partial charge >= 0.3 is 6.09 Å². The van der Waals surface area contributed by atoms with Gasteiger partial charge < -0.3 is 9.26 Å². The summed E-state index contributed by atoms with van der Waals surface area (Å²) in [5, 5.41) is 6.74. The van der Waals surface area contributed by atoms with Crippen molar-refractivity contribution < 1.29 is 14.1 Å². The second-order valence-electron chi connectivity index (χ2n) is 4.31. The van der Waals surface area contributed by atoms with Crippen molar-refractivity contribution in [1.29, 1.82) is 0 Å². The zero-order chi connectivity index (χ0) is 15.4. The minimum Gasteiger partial charge on any atom is -0.441 e. The molecule has 0 aliphatic heterocycles. The second kappa shape index (κ2) is 6.33. The quantitative estimate of drug-likeness (QED) is 0.873. The van der Waals surface area contributed by atoms with E-state index in [1.54, 1.807) is 32.0 Å². The lowest BCUT2D eigenvalue weighted by Crippen LogP contribution is -2.17. The molecule has 6 heteroatoms. The van der Waals surface area contributed by atoms with Gasteiger partial charge in [0.25, 0.3) is 0 Å². The highest BCUT2D eigenvalue weighted by molar-refractivity contribution is 6.31. The number of hydrogen-bond acceptors (Lipinski definition) is 4. The van der Waals surface area contributed by atoms with E-state index in [9.17, 15) is 4.79 Å². The number of nitrogens with one attached hydrogen (secondary N) is 1. The molecule has 0 aliphatic rings. The molecule has 0 aliphatic carbocycles. The molecule has 21 heavy (non-hydrogen) atoms. The molecular formula is C15H13ClN2O3. The smallest absolute Gasteiger partial charge is 0.412 e. The van der Waals surface area contributed by atoms with E-state index in [-0.39, 0.29) is 5.76 Å². The fraction of sp³-hybridized carbons (Fsp3) is 0.200. The van der Waals surface area contributed by atoms with Crippen LogP contribution < -0.4 is 5.32 Å². The van der Waals surface area contributed by atoms with Gasteiger partial charge in [-0.25, -0.2) is 4.79 Å². The molecule has 5 nitrogen and oxygen atoms in total. The van der Waals surface area contributed by atoms with E-state index in [1.807, 2.05) is 6.07 Å². The van der Waals surface area contributed by atoms with Crippen LogP contribution in [0.4, 0.5) is 10.5 Å². The molecule has 0 spiro atoms. The lowest BCUT2D eigenvalue weighted by molar-refractivity contribution is 0.121. The van der Waals surface area contributed by atoms with Gasteiger partial charge in [-0.05, 0) is 25.8 Å². The number of aryl methyl sites for hydroxylation is 1. The third-order valence-electron chi connectivity index (χ3n) is 2.85. The van der Waals surface area contributed by atoms with Gasteiger partial charge in [0.15, 0.2) is 0 Å². The molecule has 0 unspecified atom stereocenters. The van der Waals surface area contributed by atoms with E-state index in [1.165, 1.54) is 0 Å². The summed E-state index contributed by atoms with van der Waals surface area (Å²) < 4.78 is 10.1. The van der Waals surface area contributed by atoms with E-state index in [0.29, 0.717) is 22.0 Å². The van der Waals surface area contributed by atoms with Crippen molar-refractivity contribution in [2.45, 2.75) is 20.0 Å². The Balaban J connectivity index is 2.07. The number of ether oxygens (including phenoxy) is 1. The number of nitrogens with zero attached hydrogens (tertiary/aromatic N) is 1. The summed E-state index contributed by atoms with van der Waals surface area (Å²) in [4.78, 5) is 11.9. The molecule has 1 aromatic carbocycles. The van der Waals surface area contributed by atoms with E-state index >= 15 is 0 Å². The van der Waals surface area contributed by atoms with Crippen LogP contribution in [0.5, 0.6) is 0 Å². The van der Waals surface area contributed by atoms with E-state index in [0.717, 1.165) is 0 Å². The summed E-state index contributed by atoms with van der Waals surface area (Å²) in [5.41, 5.74) is 1.52. The van der Waals surface area contributed by atoms with Crippen LogP contribution >= 0.6 is 11.6 Å². The largest absolute Gasteiger partial charge is 0.441 e. The maximum absolute atomic E-state index is 11.9. The summed E-state index contributed by atoms with van der Waals surface area (Å²) in [6, 6.07) is 7.14. The Morgan fingerprint density at radius 1 is 1.52 bits per heavy atom. The van der Waals surface area contributed by atoms with Crippen LogP contribution in [-0.2, 0) is 4.74 Å². The minimum absolute atomic E-state index is 0.148. The van der Waals surface area contributed by atoms with E-state index < -0.39 is 12.2 Å². The van der Waals surface area contributed by atoms with Crippen LogP contribution in [0.3, 0.4) is 0 Å². The molecule has 1 amide bonds. The number of amides is 1. The summed E-state index contributed by atoms with van der Waals surface area (Å²) in [6.45, 7) is 3.39. The Kier molecular flexibility index (Phi) is 4.51. The van der Waals surface area contributed by atoms with Crippen molar-refractivity contribution >= 4 is 23.4 Å². The van der Waals surface area contributed by atoms with Crippen molar-refractivity contribution in [3.8, 4) is 12.3 Å². The van der Waals surface area contributed by atoms with Gasteiger partial charge in [-0.2, -0.15) is 0 Å². The predicted molar refractivity (Wildman–Crippen MR) is 79.1 cm³/mol. The maximum Gasteiger partial charge on any atom is 0.412 e. The van der Waals surface area contributed by atoms with Gasteiger partial charge in [0.1, 0.15) is 17.5 Å². The van der Waals surface area contributed by atoms with Gasteiger partial charge in [0.2, 0.25) is 5.76 Å². The normalized spacial score (nSPS) is 11.5. The standard InChI is InChI=1S/C15H13ClN2O3/c1-4-13-14(9(2)18-21-13)17-15(19)20-10(3)11-7-5-6-8-12(11)16/h1,5-8,10H,2-3H3,(H,17,19)/t10-/m1/s1. The van der Waals surface area contributed by atoms with Gasteiger partial charge in [-0.15, -0.1) is 6.42 Å². The zero-order valence-corrected chi connectivity index (χ0v) is 12.3. The predicted octanol–water partition coefficient (Wildman–Crippen LogP) is 3.93. The van der Waals surface area contributed by atoms with Crippen molar-refractivity contribution in [3.05, 3.63) is 46.3 Å². The number of carbonyl (C=O) groups is 1. The highest BCUT2D eigenvalue weighted by Crippen LogP contribution is 2.26. The summed E-state index contributed by atoms with van der Waals surface area (Å²) in [5.74, 6) is 2.44. The first-order valence-electron chi connectivity index (χ1n) is 6.18. The SMILES string of the molecule is C#Cc1onc(C)c1NC(=O)O[C@H](C)c1ccccc1Cl.